The van der Waals surface area contributed by atoms with E-state index >= 15 is 0 Å². The van der Waals surface area contributed by atoms with E-state index in [4.69, 9.17) is 0 Å². The molecule has 1 N–H and O–H groups in total. The number of carbonyl (C=O) groups excluding carboxylic acids is 2. The van der Waals surface area contributed by atoms with Gasteiger partial charge < -0.3 is 5.32 Å². The normalized spacial score (nSPS) is 10.2. The predicted octanol–water partition coefficient (Wildman–Crippen LogP) is 1.76. The average Bonchev–Trinajstić information content (AvgIpc) is 2.73. The van der Waals surface area contributed by atoms with Crippen LogP contribution in [0.2, 0.25) is 0 Å². The summed E-state index contributed by atoms with van der Waals surface area (Å²) in [5.41, 5.74) is 1.21. The molecule has 0 unspecified atom stereocenters. The molecule has 1 aromatic carbocycles. The molecule has 0 spiro atoms. The minimum absolute atomic E-state index is 0.297. The molecule has 0 saturated carbocycles. The van der Waals surface area contributed by atoms with Gasteiger partial charge in [0.05, 0.1) is 0 Å². The summed E-state index contributed by atoms with van der Waals surface area (Å²) in [5, 5.41) is 5.86. The van der Waals surface area contributed by atoms with Gasteiger partial charge in [0.1, 0.15) is 0 Å². The molecular formula is C12H11NO2S. The molecule has 1 aromatic heterocycles. The first-order chi connectivity index (χ1) is 7.81. The lowest BCUT2D eigenvalue weighted by molar-refractivity contribution is -0.131. The van der Waals surface area contributed by atoms with Gasteiger partial charge in [-0.15, -0.1) is 11.3 Å². The van der Waals surface area contributed by atoms with Gasteiger partial charge in [-0.05, 0) is 28.8 Å². The second-order valence-electron chi connectivity index (χ2n) is 3.42. The van der Waals surface area contributed by atoms with Crippen molar-refractivity contribution in [2.45, 2.75) is 6.42 Å². The number of hydrogen-bond donors (Lipinski definition) is 1. The maximum atomic E-state index is 10.7. The van der Waals surface area contributed by atoms with E-state index < -0.39 is 5.91 Å². The van der Waals surface area contributed by atoms with Gasteiger partial charge in [-0.2, -0.15) is 0 Å². The highest BCUT2D eigenvalue weighted by Gasteiger charge is 2.03. The van der Waals surface area contributed by atoms with Crippen LogP contribution < -0.4 is 5.32 Å². The van der Waals surface area contributed by atoms with Crippen LogP contribution in [0, 0.1) is 0 Å². The lowest BCUT2D eigenvalue weighted by atomic mass is 10.1. The monoisotopic (exact) mass is 233 g/mol. The molecule has 2 rings (SSSR count). The molecule has 1 amide bonds. The number of rotatable bonds is 4. The summed E-state index contributed by atoms with van der Waals surface area (Å²) in [5.74, 6) is -0.556. The number of benzene rings is 1. The highest BCUT2D eigenvalue weighted by atomic mass is 32.1. The second-order valence-corrected chi connectivity index (χ2v) is 4.33. The standard InChI is InChI=1S/C12H11NO2S/c14-7-12(15)13-6-5-9-8-16-11-4-2-1-3-10(9)11/h1-4,7-8H,5-6H2,(H,13,15). The molecule has 0 aliphatic rings. The molecule has 0 aliphatic carbocycles. The Morgan fingerprint density at radius 2 is 2.19 bits per heavy atom. The fourth-order valence-corrected chi connectivity index (χ4v) is 2.59. The topological polar surface area (TPSA) is 46.2 Å². The highest BCUT2D eigenvalue weighted by Crippen LogP contribution is 2.25. The molecule has 16 heavy (non-hydrogen) atoms. The fourth-order valence-electron chi connectivity index (χ4n) is 1.59. The lowest BCUT2D eigenvalue weighted by Gasteiger charge is -2.00. The Bertz CT molecular complexity index is 518. The molecule has 3 nitrogen and oxygen atoms in total. The Balaban J connectivity index is 2.04. The molecule has 0 atom stereocenters. The average molecular weight is 233 g/mol. The second kappa shape index (κ2) is 4.90. The zero-order valence-electron chi connectivity index (χ0n) is 8.60. The van der Waals surface area contributed by atoms with Crippen molar-refractivity contribution in [3.8, 4) is 0 Å². The summed E-state index contributed by atoms with van der Waals surface area (Å²) in [6.07, 6.45) is 1.05. The van der Waals surface area contributed by atoms with E-state index in [9.17, 15) is 9.59 Å². The third kappa shape index (κ3) is 2.28. The van der Waals surface area contributed by atoms with Crippen molar-refractivity contribution in [3.05, 3.63) is 35.2 Å². The molecule has 0 aliphatic heterocycles. The van der Waals surface area contributed by atoms with Crippen molar-refractivity contribution in [3.63, 3.8) is 0 Å². The minimum Gasteiger partial charge on any atom is -0.349 e. The van der Waals surface area contributed by atoms with E-state index in [1.807, 2.05) is 12.1 Å². The molecular weight excluding hydrogens is 222 g/mol. The van der Waals surface area contributed by atoms with Crippen LogP contribution in [0.3, 0.4) is 0 Å². The van der Waals surface area contributed by atoms with E-state index in [-0.39, 0.29) is 0 Å². The maximum absolute atomic E-state index is 10.7. The summed E-state index contributed by atoms with van der Waals surface area (Å²) >= 11 is 1.70. The molecule has 0 fully saturated rings. The van der Waals surface area contributed by atoms with Gasteiger partial charge in [-0.25, -0.2) is 0 Å². The molecule has 0 saturated heterocycles. The Labute approximate surface area is 97.1 Å². The summed E-state index contributed by atoms with van der Waals surface area (Å²) in [4.78, 5) is 20.8. The smallest absolute Gasteiger partial charge is 0.284 e. The third-order valence-corrected chi connectivity index (χ3v) is 3.37. The van der Waals surface area contributed by atoms with Crippen molar-refractivity contribution < 1.29 is 9.59 Å². The number of fused-ring (bicyclic) bond motifs is 1. The van der Waals surface area contributed by atoms with Gasteiger partial charge in [0.2, 0.25) is 6.29 Å². The Morgan fingerprint density at radius 3 is 3.00 bits per heavy atom. The van der Waals surface area contributed by atoms with Gasteiger partial charge in [0.25, 0.3) is 5.91 Å². The van der Waals surface area contributed by atoms with Crippen molar-refractivity contribution in [2.75, 3.05) is 6.54 Å². The number of amides is 1. The summed E-state index contributed by atoms with van der Waals surface area (Å²) in [6, 6.07) is 8.16. The van der Waals surface area contributed by atoms with Crippen LogP contribution in [0.5, 0.6) is 0 Å². The lowest BCUT2D eigenvalue weighted by Crippen LogP contribution is -2.26. The van der Waals surface area contributed by atoms with Crippen molar-refractivity contribution in [1.29, 1.82) is 0 Å². The third-order valence-electron chi connectivity index (χ3n) is 2.36. The van der Waals surface area contributed by atoms with Crippen LogP contribution in [0.15, 0.2) is 29.6 Å². The van der Waals surface area contributed by atoms with Gasteiger partial charge >= 0.3 is 0 Å². The first-order valence-electron chi connectivity index (χ1n) is 4.99. The van der Waals surface area contributed by atoms with E-state index in [1.54, 1.807) is 11.3 Å². The van der Waals surface area contributed by atoms with Crippen LogP contribution in [0.4, 0.5) is 0 Å². The number of carbonyl (C=O) groups is 2. The number of nitrogens with one attached hydrogen (secondary N) is 1. The highest BCUT2D eigenvalue weighted by molar-refractivity contribution is 7.17. The summed E-state index contributed by atoms with van der Waals surface area (Å²) < 4.78 is 1.25. The molecule has 0 bridgehead atoms. The van der Waals surface area contributed by atoms with E-state index in [0.717, 1.165) is 6.42 Å². The molecule has 0 radical (unpaired) electrons. The molecule has 2 aromatic rings. The van der Waals surface area contributed by atoms with Crippen molar-refractivity contribution in [1.82, 2.24) is 5.32 Å². The van der Waals surface area contributed by atoms with Gasteiger partial charge in [-0.3, -0.25) is 9.59 Å². The zero-order valence-corrected chi connectivity index (χ0v) is 9.42. The summed E-state index contributed by atoms with van der Waals surface area (Å²) in [6.45, 7) is 0.498. The number of aldehydes is 1. The SMILES string of the molecule is O=CC(=O)NCCc1csc2ccccc12. The predicted molar refractivity (Wildman–Crippen MR) is 64.6 cm³/mol. The molecule has 82 valence electrons. The van der Waals surface area contributed by atoms with Crippen molar-refractivity contribution >= 4 is 33.6 Å². The van der Waals surface area contributed by atoms with Crippen LogP contribution >= 0.6 is 11.3 Å². The Hall–Kier alpha value is -1.68. The van der Waals surface area contributed by atoms with Crippen LogP contribution in [0.25, 0.3) is 10.1 Å². The largest absolute Gasteiger partial charge is 0.349 e. The van der Waals surface area contributed by atoms with E-state index in [1.165, 1.54) is 15.6 Å². The van der Waals surface area contributed by atoms with Gasteiger partial charge in [0, 0.05) is 11.2 Å². The van der Waals surface area contributed by atoms with Crippen molar-refractivity contribution in [2.24, 2.45) is 0 Å². The molecule has 1 heterocycles. The quantitative estimate of drug-likeness (QED) is 0.646. The van der Waals surface area contributed by atoms with Gasteiger partial charge in [0.15, 0.2) is 0 Å². The van der Waals surface area contributed by atoms with Crippen LogP contribution in [-0.2, 0) is 16.0 Å². The van der Waals surface area contributed by atoms with E-state index in [2.05, 4.69) is 22.8 Å². The Kier molecular flexibility index (Phi) is 3.31. The fraction of sp³-hybridized carbons (Fsp3) is 0.167. The first kappa shape index (κ1) is 10.8. The molecule has 4 heteroatoms. The summed E-state index contributed by atoms with van der Waals surface area (Å²) in [7, 11) is 0. The first-order valence-corrected chi connectivity index (χ1v) is 5.87. The minimum atomic E-state index is -0.556. The zero-order chi connectivity index (χ0) is 11.4. The number of thiophene rings is 1. The van der Waals surface area contributed by atoms with E-state index in [0.29, 0.717) is 12.8 Å². The number of hydrogen-bond acceptors (Lipinski definition) is 3. The van der Waals surface area contributed by atoms with Crippen LogP contribution in [0.1, 0.15) is 5.56 Å². The van der Waals surface area contributed by atoms with Crippen LogP contribution in [-0.4, -0.2) is 18.7 Å². The maximum Gasteiger partial charge on any atom is 0.284 e. The Morgan fingerprint density at radius 1 is 1.38 bits per heavy atom. The van der Waals surface area contributed by atoms with Gasteiger partial charge in [-0.1, -0.05) is 18.2 Å².